The smallest absolute Gasteiger partial charge is 0.122 e. The lowest BCUT2D eigenvalue weighted by Crippen LogP contribution is -2.23. The van der Waals surface area contributed by atoms with Crippen LogP contribution in [-0.4, -0.2) is 11.1 Å². The van der Waals surface area contributed by atoms with Crippen molar-refractivity contribution >= 4 is 11.8 Å². The van der Waals surface area contributed by atoms with Crippen LogP contribution in [0.5, 0.6) is 5.75 Å². The molecule has 17 heavy (non-hydrogen) atoms. The van der Waals surface area contributed by atoms with E-state index in [2.05, 4.69) is 29.6 Å². The van der Waals surface area contributed by atoms with E-state index in [0.29, 0.717) is 5.75 Å². The Hall–Kier alpha value is -1.96. The van der Waals surface area contributed by atoms with Crippen LogP contribution in [0.25, 0.3) is 6.08 Å². The summed E-state index contributed by atoms with van der Waals surface area (Å²) in [6, 6.07) is 2.27. The molecule has 1 atom stereocenters. The molecule has 1 heterocycles. The summed E-state index contributed by atoms with van der Waals surface area (Å²) in [5.74, 6) is 0.399. The van der Waals surface area contributed by atoms with E-state index in [1.807, 2.05) is 26.0 Å². The van der Waals surface area contributed by atoms with Crippen LogP contribution < -0.4 is 5.32 Å². The van der Waals surface area contributed by atoms with E-state index in [9.17, 15) is 5.11 Å². The molecule has 0 saturated heterocycles. The number of aryl methyl sites for hydroxylation is 1. The Balaban J connectivity index is 2.21. The molecule has 0 bridgehead atoms. The maximum atomic E-state index is 9.97. The quantitative estimate of drug-likeness (QED) is 0.664. The van der Waals surface area contributed by atoms with Gasteiger partial charge in [-0.05, 0) is 37.1 Å². The highest BCUT2D eigenvalue weighted by Gasteiger charge is 2.21. The van der Waals surface area contributed by atoms with Crippen LogP contribution in [0.4, 0.5) is 5.69 Å². The van der Waals surface area contributed by atoms with E-state index >= 15 is 0 Å². The van der Waals surface area contributed by atoms with Crippen molar-refractivity contribution in [2.45, 2.75) is 19.9 Å². The van der Waals surface area contributed by atoms with Gasteiger partial charge in [-0.3, -0.25) is 0 Å². The largest absolute Gasteiger partial charge is 0.507 e. The Morgan fingerprint density at radius 1 is 1.24 bits per heavy atom. The lowest BCUT2D eigenvalue weighted by atomic mass is 9.91. The third-order valence-corrected chi connectivity index (χ3v) is 3.47. The minimum Gasteiger partial charge on any atom is -0.507 e. The number of allylic oxidation sites excluding steroid dienone is 2. The number of hydrogen-bond donors (Lipinski definition) is 2. The van der Waals surface area contributed by atoms with Gasteiger partial charge in [-0.2, -0.15) is 0 Å². The Morgan fingerprint density at radius 2 is 2.06 bits per heavy atom. The van der Waals surface area contributed by atoms with Gasteiger partial charge in [-0.1, -0.05) is 24.3 Å². The molecule has 1 aromatic carbocycles. The third-order valence-electron chi connectivity index (χ3n) is 3.47. The molecule has 1 aromatic rings. The summed E-state index contributed by atoms with van der Waals surface area (Å²) in [6.45, 7) is 3.89. The molecule has 0 amide bonds. The van der Waals surface area contributed by atoms with Gasteiger partial charge in [-0.15, -0.1) is 0 Å². The first kappa shape index (κ1) is 10.2. The van der Waals surface area contributed by atoms with Gasteiger partial charge >= 0.3 is 0 Å². The standard InChI is InChI=1S/C15H15NO/c1-9-7-14-12(10(2)15(9)17)8-11-5-3-4-6-13(11)16-14/h3-8,13,16-17H,1-2H3. The Kier molecular flexibility index (Phi) is 2.11. The van der Waals surface area contributed by atoms with E-state index in [1.165, 1.54) is 5.57 Å². The van der Waals surface area contributed by atoms with Crippen LogP contribution in [0.3, 0.4) is 0 Å². The molecule has 2 N–H and O–H groups in total. The Bertz CT molecular complexity index is 579. The average molecular weight is 225 g/mol. The molecule has 1 unspecified atom stereocenters. The highest BCUT2D eigenvalue weighted by atomic mass is 16.3. The van der Waals surface area contributed by atoms with Gasteiger partial charge in [0.05, 0.1) is 6.04 Å². The fraction of sp³-hybridized carbons (Fsp3) is 0.200. The number of aromatic hydroxyl groups is 1. The predicted molar refractivity (Wildman–Crippen MR) is 71.2 cm³/mol. The monoisotopic (exact) mass is 225 g/mol. The number of anilines is 1. The summed E-state index contributed by atoms with van der Waals surface area (Å²) >= 11 is 0. The van der Waals surface area contributed by atoms with Gasteiger partial charge < -0.3 is 10.4 Å². The van der Waals surface area contributed by atoms with Crippen molar-refractivity contribution < 1.29 is 5.11 Å². The minimum atomic E-state index is 0.260. The normalized spacial score (nSPS) is 20.4. The highest BCUT2D eigenvalue weighted by molar-refractivity contribution is 5.80. The fourth-order valence-corrected chi connectivity index (χ4v) is 2.45. The van der Waals surface area contributed by atoms with Crippen LogP contribution in [0.2, 0.25) is 0 Å². The molecule has 2 nitrogen and oxygen atoms in total. The third kappa shape index (κ3) is 1.48. The van der Waals surface area contributed by atoms with E-state index in [-0.39, 0.29) is 6.04 Å². The number of phenolic OH excluding ortho intramolecular Hbond substituents is 1. The van der Waals surface area contributed by atoms with Crippen molar-refractivity contribution in [2.24, 2.45) is 0 Å². The number of phenols is 1. The SMILES string of the molecule is Cc1cc2c(c(C)c1O)C=C1C=CC=CC1N2. The van der Waals surface area contributed by atoms with Gasteiger partial charge in [0.15, 0.2) is 0 Å². The van der Waals surface area contributed by atoms with Crippen molar-refractivity contribution in [1.29, 1.82) is 0 Å². The number of hydrogen-bond acceptors (Lipinski definition) is 2. The van der Waals surface area contributed by atoms with Gasteiger partial charge in [0.1, 0.15) is 5.75 Å². The van der Waals surface area contributed by atoms with Crippen molar-refractivity contribution in [3.63, 3.8) is 0 Å². The summed E-state index contributed by atoms with van der Waals surface area (Å²) < 4.78 is 0. The molecule has 1 aliphatic heterocycles. The fourth-order valence-electron chi connectivity index (χ4n) is 2.45. The molecule has 2 heteroatoms. The number of rotatable bonds is 0. The average Bonchev–Trinajstić information content (AvgIpc) is 2.34. The first-order valence-electron chi connectivity index (χ1n) is 5.83. The Labute approximate surface area is 101 Å². The highest BCUT2D eigenvalue weighted by Crippen LogP contribution is 2.37. The molecule has 86 valence electrons. The first-order valence-corrected chi connectivity index (χ1v) is 5.83. The van der Waals surface area contributed by atoms with Crippen LogP contribution in [-0.2, 0) is 0 Å². The molecule has 2 aliphatic rings. The predicted octanol–water partition coefficient (Wildman–Crippen LogP) is 3.31. The zero-order valence-corrected chi connectivity index (χ0v) is 9.99. The first-order chi connectivity index (χ1) is 8.16. The van der Waals surface area contributed by atoms with Gasteiger partial charge in [0, 0.05) is 16.8 Å². The molecule has 0 saturated carbocycles. The van der Waals surface area contributed by atoms with Crippen molar-refractivity contribution in [3.05, 3.63) is 52.6 Å². The summed E-state index contributed by atoms with van der Waals surface area (Å²) in [5.41, 5.74) is 5.31. The lowest BCUT2D eigenvalue weighted by Gasteiger charge is -2.27. The van der Waals surface area contributed by atoms with Gasteiger partial charge in [0.2, 0.25) is 0 Å². The summed E-state index contributed by atoms with van der Waals surface area (Å²) in [5, 5.41) is 13.5. The Morgan fingerprint density at radius 3 is 2.88 bits per heavy atom. The van der Waals surface area contributed by atoms with Crippen molar-refractivity contribution in [1.82, 2.24) is 0 Å². The number of nitrogens with one attached hydrogen (secondary N) is 1. The summed E-state index contributed by atoms with van der Waals surface area (Å²) in [7, 11) is 0. The molecule has 0 aromatic heterocycles. The van der Waals surface area contributed by atoms with Crippen LogP contribution >= 0.6 is 0 Å². The van der Waals surface area contributed by atoms with Crippen molar-refractivity contribution in [2.75, 3.05) is 5.32 Å². The number of benzene rings is 1. The topological polar surface area (TPSA) is 32.3 Å². The minimum absolute atomic E-state index is 0.260. The second-order valence-corrected chi connectivity index (χ2v) is 4.64. The molecule has 1 aliphatic carbocycles. The van der Waals surface area contributed by atoms with E-state index in [4.69, 9.17) is 0 Å². The van der Waals surface area contributed by atoms with Crippen molar-refractivity contribution in [3.8, 4) is 5.75 Å². The second-order valence-electron chi connectivity index (χ2n) is 4.64. The van der Waals surface area contributed by atoms with Crippen LogP contribution in [0.15, 0.2) is 35.9 Å². The maximum absolute atomic E-state index is 9.97. The van der Waals surface area contributed by atoms with Crippen LogP contribution in [0.1, 0.15) is 16.7 Å². The van der Waals surface area contributed by atoms with Gasteiger partial charge in [-0.25, -0.2) is 0 Å². The number of fused-ring (bicyclic) bond motifs is 2. The van der Waals surface area contributed by atoms with E-state index in [0.717, 1.165) is 22.4 Å². The molecular formula is C15H15NO. The summed E-state index contributed by atoms with van der Waals surface area (Å²) in [6.07, 6.45) is 10.5. The molecule has 0 spiro atoms. The molecule has 3 rings (SSSR count). The molecule has 0 radical (unpaired) electrons. The second kappa shape index (κ2) is 3.52. The lowest BCUT2D eigenvalue weighted by molar-refractivity contribution is 0.467. The van der Waals surface area contributed by atoms with E-state index in [1.54, 1.807) is 0 Å². The molecular weight excluding hydrogens is 210 g/mol. The molecule has 0 fully saturated rings. The zero-order chi connectivity index (χ0) is 12.0. The summed E-state index contributed by atoms with van der Waals surface area (Å²) in [4.78, 5) is 0. The maximum Gasteiger partial charge on any atom is 0.122 e. The van der Waals surface area contributed by atoms with Gasteiger partial charge in [0.25, 0.3) is 0 Å². The van der Waals surface area contributed by atoms with Crippen LogP contribution in [0, 0.1) is 13.8 Å². The van der Waals surface area contributed by atoms with E-state index < -0.39 is 0 Å². The zero-order valence-electron chi connectivity index (χ0n) is 9.99.